The molecule has 0 bridgehead atoms. The van der Waals surface area contributed by atoms with Gasteiger partial charge in [-0.3, -0.25) is 9.36 Å². The Kier molecular flexibility index (Phi) is 3.12. The molecule has 0 aromatic carbocycles. The highest BCUT2D eigenvalue weighted by Gasteiger charge is 2.56. The molecule has 1 aromatic heterocycles. The second-order valence-electron chi connectivity index (χ2n) is 5.99. The first kappa shape index (κ1) is 14.3. The van der Waals surface area contributed by atoms with E-state index in [9.17, 15) is 4.79 Å². The summed E-state index contributed by atoms with van der Waals surface area (Å²) in [6, 6.07) is 0. The van der Waals surface area contributed by atoms with Gasteiger partial charge in [-0.05, 0) is 13.8 Å². The Morgan fingerprint density at radius 1 is 1.41 bits per heavy atom. The summed E-state index contributed by atoms with van der Waals surface area (Å²) in [7, 11) is 0. The lowest BCUT2D eigenvalue weighted by Crippen LogP contribution is -2.36. The molecule has 3 aliphatic heterocycles. The van der Waals surface area contributed by atoms with Crippen LogP contribution in [0.15, 0.2) is 6.33 Å². The number of carbonyl (C=O) groups excluding carboxylic acids is 1. The third-order valence-electron chi connectivity index (χ3n) is 4.07. The Balaban J connectivity index is 1.70. The molecule has 1 amide bonds. The maximum absolute atomic E-state index is 11.8. The smallest absolute Gasteiger partial charge is 0.275 e. The number of ether oxygens (including phenoxy) is 3. The molecule has 2 saturated heterocycles. The molecule has 120 valence electrons. The van der Waals surface area contributed by atoms with Crippen molar-refractivity contribution in [2.45, 2.75) is 44.2 Å². The zero-order valence-electron chi connectivity index (χ0n) is 12.2. The predicted octanol–water partition coefficient (Wildman–Crippen LogP) is 0.652. The van der Waals surface area contributed by atoms with Crippen molar-refractivity contribution in [3.8, 4) is 0 Å². The van der Waals surface area contributed by atoms with Gasteiger partial charge in [0.15, 0.2) is 17.7 Å². The highest BCUT2D eigenvalue weighted by atomic mass is 35.5. The molecule has 1 aromatic rings. The van der Waals surface area contributed by atoms with E-state index in [4.69, 9.17) is 25.8 Å². The van der Waals surface area contributed by atoms with Crippen LogP contribution in [0.5, 0.6) is 0 Å². The molecule has 4 heterocycles. The predicted molar refractivity (Wildman–Crippen MR) is 76.6 cm³/mol. The van der Waals surface area contributed by atoms with Crippen molar-refractivity contribution in [1.82, 2.24) is 14.9 Å². The van der Waals surface area contributed by atoms with Gasteiger partial charge in [-0.2, -0.15) is 0 Å². The van der Waals surface area contributed by atoms with Gasteiger partial charge in [-0.15, -0.1) is 11.6 Å². The van der Waals surface area contributed by atoms with E-state index < -0.39 is 12.0 Å². The second kappa shape index (κ2) is 4.82. The molecule has 0 radical (unpaired) electrons. The largest absolute Gasteiger partial charge is 0.352 e. The van der Waals surface area contributed by atoms with Gasteiger partial charge < -0.3 is 24.8 Å². The van der Waals surface area contributed by atoms with E-state index in [0.717, 1.165) is 0 Å². The minimum Gasteiger partial charge on any atom is -0.352 e. The molecule has 22 heavy (non-hydrogen) atoms. The highest BCUT2D eigenvalue weighted by molar-refractivity contribution is 6.18. The molecule has 3 aliphatic rings. The van der Waals surface area contributed by atoms with Crippen LogP contribution >= 0.6 is 11.6 Å². The topological polar surface area (TPSA) is 86.6 Å². The molecule has 0 aliphatic carbocycles. The van der Waals surface area contributed by atoms with E-state index in [0.29, 0.717) is 24.1 Å². The van der Waals surface area contributed by atoms with Crippen LogP contribution in [0.3, 0.4) is 0 Å². The molecule has 0 unspecified atom stereocenters. The van der Waals surface area contributed by atoms with Crippen LogP contribution < -0.4 is 10.6 Å². The Hall–Kier alpha value is -1.35. The summed E-state index contributed by atoms with van der Waals surface area (Å²) in [6.45, 7) is 4.08. The van der Waals surface area contributed by atoms with Gasteiger partial charge in [-0.25, -0.2) is 4.98 Å². The van der Waals surface area contributed by atoms with Gasteiger partial charge in [0.2, 0.25) is 0 Å². The summed E-state index contributed by atoms with van der Waals surface area (Å²) < 4.78 is 19.6. The van der Waals surface area contributed by atoms with Crippen LogP contribution in [0.25, 0.3) is 0 Å². The van der Waals surface area contributed by atoms with Gasteiger partial charge in [0.05, 0.1) is 18.9 Å². The third kappa shape index (κ3) is 2.02. The second-order valence-corrected chi connectivity index (χ2v) is 6.30. The quantitative estimate of drug-likeness (QED) is 0.775. The number of alkyl halides is 1. The van der Waals surface area contributed by atoms with Crippen molar-refractivity contribution >= 4 is 23.3 Å². The SMILES string of the molecule is CC1(C)O[C@@H]2[C@H](O1)[C@@H](CCl)O[C@H]2n1cnc2c1NCNC2=O. The number of imidazole rings is 1. The molecule has 8 nitrogen and oxygen atoms in total. The van der Waals surface area contributed by atoms with Crippen molar-refractivity contribution in [3.05, 3.63) is 12.0 Å². The fourth-order valence-electron chi connectivity index (χ4n) is 3.19. The molecular formula is C13H17ClN4O4. The van der Waals surface area contributed by atoms with Crippen LogP contribution in [-0.2, 0) is 14.2 Å². The first-order valence-electron chi connectivity index (χ1n) is 7.16. The lowest BCUT2D eigenvalue weighted by molar-refractivity contribution is -0.194. The van der Waals surface area contributed by atoms with Crippen molar-refractivity contribution < 1.29 is 19.0 Å². The number of nitrogens with zero attached hydrogens (tertiary/aromatic N) is 2. The summed E-state index contributed by atoms with van der Waals surface area (Å²) in [5.41, 5.74) is 0.346. The number of nitrogens with one attached hydrogen (secondary N) is 2. The van der Waals surface area contributed by atoms with Gasteiger partial charge in [0, 0.05) is 0 Å². The van der Waals surface area contributed by atoms with E-state index >= 15 is 0 Å². The van der Waals surface area contributed by atoms with Crippen LogP contribution in [0.2, 0.25) is 0 Å². The molecule has 9 heteroatoms. The zero-order valence-corrected chi connectivity index (χ0v) is 13.0. The maximum Gasteiger partial charge on any atom is 0.275 e. The number of fused-ring (bicyclic) bond motifs is 2. The van der Waals surface area contributed by atoms with E-state index in [2.05, 4.69) is 15.6 Å². The van der Waals surface area contributed by atoms with Crippen molar-refractivity contribution in [3.63, 3.8) is 0 Å². The van der Waals surface area contributed by atoms with E-state index in [-0.39, 0.29) is 24.2 Å². The van der Waals surface area contributed by atoms with Crippen molar-refractivity contribution in [2.24, 2.45) is 0 Å². The van der Waals surface area contributed by atoms with Crippen molar-refractivity contribution in [2.75, 3.05) is 17.9 Å². The Morgan fingerprint density at radius 3 is 2.95 bits per heavy atom. The molecule has 2 N–H and O–H groups in total. The standard InChI is InChI=1S/C13H17ClN4O4/c1-13(2)21-8-6(3-14)20-12(9(8)22-13)18-5-17-7-10(18)15-4-16-11(7)19/h5-6,8-9,12,15H,3-4H2,1-2H3,(H,16,19)/t6-,8-,9-,12-/m1/s1. The Labute approximate surface area is 132 Å². The van der Waals surface area contributed by atoms with Crippen LogP contribution in [0.1, 0.15) is 30.6 Å². The molecule has 2 fully saturated rings. The lowest BCUT2D eigenvalue weighted by atomic mass is 10.1. The minimum atomic E-state index is -0.687. The maximum atomic E-state index is 11.8. The van der Waals surface area contributed by atoms with Crippen LogP contribution in [-0.4, -0.2) is 52.1 Å². The molecule has 0 spiro atoms. The minimum absolute atomic E-state index is 0.208. The number of hydrogen-bond acceptors (Lipinski definition) is 6. The summed E-state index contributed by atoms with van der Waals surface area (Å²) in [4.78, 5) is 16.0. The Bertz CT molecular complexity index is 619. The summed E-state index contributed by atoms with van der Waals surface area (Å²) in [6.07, 6.45) is 0.325. The Morgan fingerprint density at radius 2 is 2.18 bits per heavy atom. The molecule has 0 saturated carbocycles. The number of carbonyl (C=O) groups is 1. The van der Waals surface area contributed by atoms with Gasteiger partial charge in [0.25, 0.3) is 5.91 Å². The number of halogens is 1. The lowest BCUT2D eigenvalue weighted by Gasteiger charge is -2.26. The fraction of sp³-hybridized carbons (Fsp3) is 0.692. The summed E-state index contributed by atoms with van der Waals surface area (Å²) in [5, 5.41) is 5.79. The number of hydrogen-bond donors (Lipinski definition) is 2. The number of anilines is 1. The number of amides is 1. The van der Waals surface area contributed by atoms with Crippen LogP contribution in [0.4, 0.5) is 5.82 Å². The first-order valence-corrected chi connectivity index (χ1v) is 7.69. The van der Waals surface area contributed by atoms with Gasteiger partial charge >= 0.3 is 0 Å². The first-order chi connectivity index (χ1) is 10.5. The van der Waals surface area contributed by atoms with Gasteiger partial charge in [-0.1, -0.05) is 0 Å². The van der Waals surface area contributed by atoms with E-state index in [1.807, 2.05) is 13.8 Å². The average Bonchev–Trinajstić information content (AvgIpc) is 3.10. The van der Waals surface area contributed by atoms with Gasteiger partial charge in [0.1, 0.15) is 24.1 Å². The number of rotatable bonds is 2. The average molecular weight is 329 g/mol. The fourth-order valence-corrected chi connectivity index (χ4v) is 3.44. The molecule has 4 atom stereocenters. The third-order valence-corrected chi connectivity index (χ3v) is 4.37. The zero-order chi connectivity index (χ0) is 15.5. The normalized spacial score (nSPS) is 35.7. The number of aromatic nitrogens is 2. The van der Waals surface area contributed by atoms with Crippen LogP contribution in [0, 0.1) is 0 Å². The summed E-state index contributed by atoms with van der Waals surface area (Å²) in [5.74, 6) is 0.0329. The highest BCUT2D eigenvalue weighted by Crippen LogP contribution is 2.44. The monoisotopic (exact) mass is 328 g/mol. The van der Waals surface area contributed by atoms with E-state index in [1.165, 1.54) is 0 Å². The molecule has 4 rings (SSSR count). The van der Waals surface area contributed by atoms with E-state index in [1.54, 1.807) is 10.9 Å². The van der Waals surface area contributed by atoms with Crippen molar-refractivity contribution in [1.29, 1.82) is 0 Å². The summed E-state index contributed by atoms with van der Waals surface area (Å²) >= 11 is 6.00. The molecular weight excluding hydrogens is 312 g/mol.